The number of aromatic hydroxyl groups is 3. The number of carbonyl (C=O) groups excluding carboxylic acids is 1. The SMILES string of the molecule is COc1cccc(C=CC(=O)c2ccc(O)c(O)c2O)c1. The van der Waals surface area contributed by atoms with Gasteiger partial charge < -0.3 is 20.1 Å². The Morgan fingerprint density at radius 3 is 2.57 bits per heavy atom. The topological polar surface area (TPSA) is 87.0 Å². The number of phenols is 3. The minimum absolute atomic E-state index is 0.0931. The van der Waals surface area contributed by atoms with Crippen LogP contribution in [0, 0.1) is 0 Å². The van der Waals surface area contributed by atoms with Gasteiger partial charge in [0, 0.05) is 0 Å². The van der Waals surface area contributed by atoms with Crippen molar-refractivity contribution >= 4 is 11.9 Å². The van der Waals surface area contributed by atoms with Crippen molar-refractivity contribution in [2.24, 2.45) is 0 Å². The van der Waals surface area contributed by atoms with Gasteiger partial charge in [-0.05, 0) is 35.9 Å². The van der Waals surface area contributed by atoms with Crippen molar-refractivity contribution in [2.45, 2.75) is 0 Å². The van der Waals surface area contributed by atoms with E-state index < -0.39 is 23.0 Å². The van der Waals surface area contributed by atoms with Gasteiger partial charge in [-0.2, -0.15) is 0 Å². The molecule has 0 fully saturated rings. The summed E-state index contributed by atoms with van der Waals surface area (Å²) in [4.78, 5) is 12.0. The molecule has 5 heteroatoms. The van der Waals surface area contributed by atoms with Crippen LogP contribution in [0.15, 0.2) is 42.5 Å². The van der Waals surface area contributed by atoms with E-state index in [0.29, 0.717) is 5.75 Å². The van der Waals surface area contributed by atoms with Crippen LogP contribution in [0.25, 0.3) is 6.08 Å². The van der Waals surface area contributed by atoms with E-state index in [0.717, 1.165) is 11.6 Å². The van der Waals surface area contributed by atoms with Gasteiger partial charge in [0.05, 0.1) is 12.7 Å². The Balaban J connectivity index is 2.25. The Labute approximate surface area is 121 Å². The standard InChI is InChI=1S/C16H14O5/c1-21-11-4-2-3-10(9-11)5-7-13(17)12-6-8-14(18)16(20)15(12)19/h2-9,18-20H,1H3. The maximum absolute atomic E-state index is 12.0. The van der Waals surface area contributed by atoms with Crippen molar-refractivity contribution in [1.82, 2.24) is 0 Å². The van der Waals surface area contributed by atoms with Crippen molar-refractivity contribution in [2.75, 3.05) is 7.11 Å². The number of hydrogen-bond donors (Lipinski definition) is 3. The van der Waals surface area contributed by atoms with E-state index in [-0.39, 0.29) is 5.56 Å². The summed E-state index contributed by atoms with van der Waals surface area (Å²) in [5.74, 6) is -1.67. The van der Waals surface area contributed by atoms with E-state index in [1.54, 1.807) is 37.5 Å². The fourth-order valence-corrected chi connectivity index (χ4v) is 1.77. The number of rotatable bonds is 4. The molecule has 2 aromatic carbocycles. The molecule has 108 valence electrons. The fraction of sp³-hybridized carbons (Fsp3) is 0.0625. The zero-order valence-electron chi connectivity index (χ0n) is 11.3. The van der Waals surface area contributed by atoms with Crippen molar-refractivity contribution in [1.29, 1.82) is 0 Å². The zero-order valence-corrected chi connectivity index (χ0v) is 11.3. The fourth-order valence-electron chi connectivity index (χ4n) is 1.77. The van der Waals surface area contributed by atoms with Gasteiger partial charge in [-0.3, -0.25) is 4.79 Å². The van der Waals surface area contributed by atoms with E-state index >= 15 is 0 Å². The van der Waals surface area contributed by atoms with Crippen molar-refractivity contribution in [3.63, 3.8) is 0 Å². The summed E-state index contributed by atoms with van der Waals surface area (Å²) in [5, 5.41) is 28.3. The normalized spacial score (nSPS) is 10.7. The van der Waals surface area contributed by atoms with E-state index in [9.17, 15) is 20.1 Å². The van der Waals surface area contributed by atoms with E-state index in [4.69, 9.17) is 4.74 Å². The number of benzene rings is 2. The van der Waals surface area contributed by atoms with Gasteiger partial charge in [0.1, 0.15) is 5.75 Å². The summed E-state index contributed by atoms with van der Waals surface area (Å²) in [7, 11) is 1.55. The predicted octanol–water partition coefficient (Wildman–Crippen LogP) is 2.71. The van der Waals surface area contributed by atoms with Crippen LogP contribution in [-0.4, -0.2) is 28.2 Å². The molecular formula is C16H14O5. The van der Waals surface area contributed by atoms with Crippen LogP contribution in [0.4, 0.5) is 0 Å². The molecule has 0 aliphatic heterocycles. The minimum Gasteiger partial charge on any atom is -0.504 e. The molecule has 0 spiro atoms. The maximum Gasteiger partial charge on any atom is 0.201 e. The molecule has 0 heterocycles. The first kappa shape index (κ1) is 14.5. The van der Waals surface area contributed by atoms with Gasteiger partial charge in [0.25, 0.3) is 0 Å². The lowest BCUT2D eigenvalue weighted by Crippen LogP contribution is -1.95. The summed E-state index contributed by atoms with van der Waals surface area (Å²) in [6.45, 7) is 0. The molecule has 21 heavy (non-hydrogen) atoms. The first-order valence-electron chi connectivity index (χ1n) is 6.13. The number of ketones is 1. The average Bonchev–Trinajstić information content (AvgIpc) is 2.50. The summed E-state index contributed by atoms with van der Waals surface area (Å²) in [5.41, 5.74) is 0.662. The maximum atomic E-state index is 12.0. The molecule has 2 aromatic rings. The molecule has 0 aliphatic rings. The summed E-state index contributed by atoms with van der Waals surface area (Å²) in [6, 6.07) is 9.48. The van der Waals surface area contributed by atoms with Crippen molar-refractivity contribution in [3.05, 3.63) is 53.6 Å². The predicted molar refractivity (Wildman–Crippen MR) is 77.8 cm³/mol. The van der Waals surface area contributed by atoms with Gasteiger partial charge in [-0.25, -0.2) is 0 Å². The van der Waals surface area contributed by atoms with Crippen LogP contribution in [0.1, 0.15) is 15.9 Å². The first-order chi connectivity index (χ1) is 10.0. The highest BCUT2D eigenvalue weighted by Crippen LogP contribution is 2.37. The highest BCUT2D eigenvalue weighted by molar-refractivity contribution is 6.09. The Hall–Kier alpha value is -2.95. The molecule has 0 aromatic heterocycles. The monoisotopic (exact) mass is 286 g/mol. The number of ether oxygens (including phenoxy) is 1. The molecule has 3 N–H and O–H groups in total. The van der Waals surface area contributed by atoms with E-state index in [1.165, 1.54) is 12.1 Å². The Kier molecular flexibility index (Phi) is 4.13. The molecule has 0 amide bonds. The zero-order chi connectivity index (χ0) is 15.4. The largest absolute Gasteiger partial charge is 0.504 e. The molecule has 5 nitrogen and oxygen atoms in total. The van der Waals surface area contributed by atoms with Crippen molar-refractivity contribution < 1.29 is 24.9 Å². The molecule has 0 aliphatic carbocycles. The molecular weight excluding hydrogens is 272 g/mol. The number of hydrogen-bond acceptors (Lipinski definition) is 5. The molecule has 0 saturated heterocycles. The Morgan fingerprint density at radius 1 is 1.10 bits per heavy atom. The van der Waals surface area contributed by atoms with Gasteiger partial charge in [-0.1, -0.05) is 18.2 Å². The number of phenolic OH excluding ortho intramolecular Hbond substituents is 3. The highest BCUT2D eigenvalue weighted by atomic mass is 16.5. The van der Waals surface area contributed by atoms with Gasteiger partial charge in [0.15, 0.2) is 17.3 Å². The van der Waals surface area contributed by atoms with Crippen molar-refractivity contribution in [3.8, 4) is 23.0 Å². The van der Waals surface area contributed by atoms with E-state index in [1.807, 2.05) is 0 Å². The quantitative estimate of drug-likeness (QED) is 0.457. The summed E-state index contributed by atoms with van der Waals surface area (Å²) >= 11 is 0. The number of methoxy groups -OCH3 is 1. The van der Waals surface area contributed by atoms with Gasteiger partial charge in [-0.15, -0.1) is 0 Å². The van der Waals surface area contributed by atoms with Crippen LogP contribution in [0.3, 0.4) is 0 Å². The molecule has 0 radical (unpaired) electrons. The minimum atomic E-state index is -0.712. The van der Waals surface area contributed by atoms with Crippen LogP contribution in [0.2, 0.25) is 0 Å². The molecule has 0 saturated carbocycles. The second-order valence-electron chi connectivity index (χ2n) is 4.30. The smallest absolute Gasteiger partial charge is 0.201 e. The molecule has 0 unspecified atom stereocenters. The molecule has 0 atom stereocenters. The van der Waals surface area contributed by atoms with Crippen LogP contribution in [0.5, 0.6) is 23.0 Å². The lowest BCUT2D eigenvalue weighted by atomic mass is 10.1. The highest BCUT2D eigenvalue weighted by Gasteiger charge is 2.15. The third kappa shape index (κ3) is 3.14. The van der Waals surface area contributed by atoms with E-state index in [2.05, 4.69) is 0 Å². The van der Waals surface area contributed by atoms with Gasteiger partial charge >= 0.3 is 0 Å². The van der Waals surface area contributed by atoms with Gasteiger partial charge in [0.2, 0.25) is 5.75 Å². The Morgan fingerprint density at radius 2 is 1.86 bits per heavy atom. The molecule has 2 rings (SSSR count). The lowest BCUT2D eigenvalue weighted by Gasteiger charge is -2.04. The second-order valence-corrected chi connectivity index (χ2v) is 4.30. The van der Waals surface area contributed by atoms with Crippen LogP contribution < -0.4 is 4.74 Å². The molecule has 0 bridgehead atoms. The average molecular weight is 286 g/mol. The third-order valence-electron chi connectivity index (χ3n) is 2.92. The van der Waals surface area contributed by atoms with Crippen LogP contribution >= 0.6 is 0 Å². The third-order valence-corrected chi connectivity index (χ3v) is 2.92. The Bertz CT molecular complexity index is 704. The number of carbonyl (C=O) groups is 1. The number of allylic oxidation sites excluding steroid dienone is 1. The summed E-state index contributed by atoms with van der Waals surface area (Å²) in [6.07, 6.45) is 2.83. The summed E-state index contributed by atoms with van der Waals surface area (Å²) < 4.78 is 5.07. The van der Waals surface area contributed by atoms with Crippen LogP contribution in [-0.2, 0) is 0 Å². The first-order valence-corrected chi connectivity index (χ1v) is 6.13. The lowest BCUT2D eigenvalue weighted by molar-refractivity contribution is 0.104. The second kappa shape index (κ2) is 6.00.